The van der Waals surface area contributed by atoms with Crippen molar-refractivity contribution in [3.8, 4) is 0 Å². The van der Waals surface area contributed by atoms with Crippen LogP contribution < -0.4 is 4.72 Å². The maximum atomic E-state index is 13.4. The number of aromatic nitrogens is 1. The van der Waals surface area contributed by atoms with Crippen LogP contribution in [0, 0.1) is 11.6 Å². The average molecular weight is 319 g/mol. The fourth-order valence-corrected chi connectivity index (χ4v) is 2.94. The number of halogens is 3. The van der Waals surface area contributed by atoms with E-state index < -0.39 is 21.7 Å². The van der Waals surface area contributed by atoms with E-state index >= 15 is 0 Å². The Bertz CT molecular complexity index is 738. The Balaban J connectivity index is 2.20. The van der Waals surface area contributed by atoms with Crippen molar-refractivity contribution < 1.29 is 17.2 Å². The summed E-state index contributed by atoms with van der Waals surface area (Å²) < 4.78 is 52.3. The predicted molar refractivity (Wildman–Crippen MR) is 69.6 cm³/mol. The second-order valence-corrected chi connectivity index (χ2v) is 5.95. The molecular weight excluding hydrogens is 310 g/mol. The van der Waals surface area contributed by atoms with E-state index in [9.17, 15) is 17.2 Å². The number of benzene rings is 1. The largest absolute Gasteiger partial charge is 0.243 e. The van der Waals surface area contributed by atoms with Gasteiger partial charge in [0.05, 0.1) is 0 Å². The monoisotopic (exact) mass is 318 g/mol. The molecule has 0 fully saturated rings. The van der Waals surface area contributed by atoms with Gasteiger partial charge < -0.3 is 0 Å². The first kappa shape index (κ1) is 14.8. The van der Waals surface area contributed by atoms with Crippen LogP contribution in [0.25, 0.3) is 0 Å². The highest BCUT2D eigenvalue weighted by Gasteiger charge is 2.18. The van der Waals surface area contributed by atoms with Crippen molar-refractivity contribution in [3.63, 3.8) is 0 Å². The summed E-state index contributed by atoms with van der Waals surface area (Å²) in [6.07, 6.45) is 1.35. The molecule has 1 aromatic heterocycles. The van der Waals surface area contributed by atoms with Crippen LogP contribution >= 0.6 is 11.6 Å². The van der Waals surface area contributed by atoms with Crippen LogP contribution in [0.1, 0.15) is 5.56 Å². The number of nitrogens with one attached hydrogen (secondary N) is 1. The lowest BCUT2D eigenvalue weighted by molar-refractivity contribution is 0.562. The van der Waals surface area contributed by atoms with Gasteiger partial charge >= 0.3 is 0 Å². The van der Waals surface area contributed by atoms with Gasteiger partial charge in [-0.05, 0) is 18.2 Å². The normalized spacial score (nSPS) is 11.6. The first-order valence-corrected chi connectivity index (χ1v) is 7.30. The molecule has 0 unspecified atom stereocenters. The fourth-order valence-electron chi connectivity index (χ4n) is 1.49. The van der Waals surface area contributed by atoms with Gasteiger partial charge in [-0.3, -0.25) is 0 Å². The number of nitrogens with zero attached hydrogens (tertiary/aromatic N) is 1. The highest BCUT2D eigenvalue weighted by molar-refractivity contribution is 7.89. The van der Waals surface area contributed by atoms with Gasteiger partial charge in [-0.1, -0.05) is 17.7 Å². The van der Waals surface area contributed by atoms with E-state index in [-0.39, 0.29) is 22.2 Å². The van der Waals surface area contributed by atoms with E-state index in [1.165, 1.54) is 18.3 Å². The molecule has 0 amide bonds. The van der Waals surface area contributed by atoms with E-state index in [1.54, 1.807) is 0 Å². The van der Waals surface area contributed by atoms with Crippen LogP contribution in [-0.4, -0.2) is 13.4 Å². The lowest BCUT2D eigenvalue weighted by atomic mass is 10.2. The standard InChI is InChI=1S/C12H9ClF2N2O2S/c13-12-11(2-1-5-16-12)20(18,19)17-7-8-3-4-9(14)6-10(8)15/h1-6,17H,7H2. The van der Waals surface area contributed by atoms with E-state index in [0.717, 1.165) is 12.1 Å². The number of rotatable bonds is 4. The molecule has 0 saturated heterocycles. The number of hydrogen-bond donors (Lipinski definition) is 1. The van der Waals surface area contributed by atoms with Crippen molar-refractivity contribution in [1.82, 2.24) is 9.71 Å². The molecule has 0 saturated carbocycles. The third-order valence-electron chi connectivity index (χ3n) is 2.48. The highest BCUT2D eigenvalue weighted by Crippen LogP contribution is 2.18. The molecule has 2 aromatic rings. The molecule has 1 aromatic carbocycles. The van der Waals surface area contributed by atoms with Gasteiger partial charge in [0.2, 0.25) is 10.0 Å². The summed E-state index contributed by atoms with van der Waals surface area (Å²) in [6, 6.07) is 5.58. The van der Waals surface area contributed by atoms with Crippen molar-refractivity contribution in [2.45, 2.75) is 11.4 Å². The number of hydrogen-bond acceptors (Lipinski definition) is 3. The van der Waals surface area contributed by atoms with Crippen molar-refractivity contribution in [1.29, 1.82) is 0 Å². The Morgan fingerprint density at radius 1 is 1.25 bits per heavy atom. The lowest BCUT2D eigenvalue weighted by Gasteiger charge is -2.08. The second kappa shape index (κ2) is 5.82. The van der Waals surface area contributed by atoms with Gasteiger partial charge in [0.25, 0.3) is 0 Å². The molecule has 1 heterocycles. The summed E-state index contributed by atoms with van der Waals surface area (Å²) >= 11 is 5.69. The zero-order valence-corrected chi connectivity index (χ0v) is 11.5. The predicted octanol–water partition coefficient (Wildman–Crippen LogP) is 2.49. The van der Waals surface area contributed by atoms with Crippen molar-refractivity contribution >= 4 is 21.6 Å². The number of sulfonamides is 1. The Hall–Kier alpha value is -1.57. The van der Waals surface area contributed by atoms with Crippen LogP contribution in [0.15, 0.2) is 41.4 Å². The summed E-state index contributed by atoms with van der Waals surface area (Å²) in [6.45, 7) is -0.320. The molecule has 0 spiro atoms. The lowest BCUT2D eigenvalue weighted by Crippen LogP contribution is -2.24. The van der Waals surface area contributed by atoms with Crippen LogP contribution in [0.5, 0.6) is 0 Å². The van der Waals surface area contributed by atoms with Gasteiger partial charge in [-0.15, -0.1) is 0 Å². The summed E-state index contributed by atoms with van der Waals surface area (Å²) in [5.41, 5.74) is 0.0231. The Kier molecular flexibility index (Phi) is 4.32. The molecule has 0 atom stereocenters. The van der Waals surface area contributed by atoms with Gasteiger partial charge in [0.15, 0.2) is 0 Å². The topological polar surface area (TPSA) is 59.1 Å². The molecular formula is C12H9ClF2N2O2S. The van der Waals surface area contributed by atoms with Crippen molar-refractivity contribution in [2.75, 3.05) is 0 Å². The molecule has 2 rings (SSSR count). The maximum absolute atomic E-state index is 13.4. The van der Waals surface area contributed by atoms with Crippen LogP contribution in [0.3, 0.4) is 0 Å². The Morgan fingerprint density at radius 2 is 2.00 bits per heavy atom. The second-order valence-electron chi connectivity index (χ2n) is 3.85. The van der Waals surface area contributed by atoms with Crippen molar-refractivity contribution in [3.05, 3.63) is 58.9 Å². The van der Waals surface area contributed by atoms with Crippen LogP contribution in [0.2, 0.25) is 5.15 Å². The van der Waals surface area contributed by atoms with E-state index in [2.05, 4.69) is 9.71 Å². The minimum atomic E-state index is -3.92. The summed E-state index contributed by atoms with van der Waals surface area (Å²) in [5.74, 6) is -1.56. The minimum absolute atomic E-state index is 0.0231. The van der Waals surface area contributed by atoms with Gasteiger partial charge in [-0.2, -0.15) is 0 Å². The third-order valence-corrected chi connectivity index (χ3v) is 4.33. The molecule has 1 N–H and O–H groups in total. The van der Waals surface area contributed by atoms with Crippen LogP contribution in [0.4, 0.5) is 8.78 Å². The quantitative estimate of drug-likeness (QED) is 0.881. The fraction of sp³-hybridized carbons (Fsp3) is 0.0833. The van der Waals surface area contributed by atoms with Gasteiger partial charge in [-0.25, -0.2) is 26.9 Å². The molecule has 4 nitrogen and oxygen atoms in total. The Morgan fingerprint density at radius 3 is 2.65 bits per heavy atom. The zero-order chi connectivity index (χ0) is 14.8. The first-order chi connectivity index (χ1) is 9.40. The SMILES string of the molecule is O=S(=O)(NCc1ccc(F)cc1F)c1cccnc1Cl. The molecule has 20 heavy (non-hydrogen) atoms. The molecule has 8 heteroatoms. The summed E-state index contributed by atoms with van der Waals surface area (Å²) in [7, 11) is -3.92. The van der Waals surface area contributed by atoms with E-state index in [0.29, 0.717) is 6.07 Å². The minimum Gasteiger partial charge on any atom is -0.243 e. The third kappa shape index (κ3) is 3.30. The van der Waals surface area contributed by atoms with E-state index in [1.807, 2.05) is 0 Å². The average Bonchev–Trinajstić information content (AvgIpc) is 2.38. The van der Waals surface area contributed by atoms with Gasteiger partial charge in [0, 0.05) is 24.4 Å². The number of pyridine rings is 1. The Labute approximate surface area is 119 Å². The summed E-state index contributed by atoms with van der Waals surface area (Å²) in [5, 5.41) is -0.181. The van der Waals surface area contributed by atoms with Gasteiger partial charge in [0.1, 0.15) is 21.7 Å². The maximum Gasteiger partial charge on any atom is 0.243 e. The molecule has 0 radical (unpaired) electrons. The molecule has 0 aliphatic rings. The first-order valence-electron chi connectivity index (χ1n) is 5.44. The van der Waals surface area contributed by atoms with Crippen molar-refractivity contribution in [2.24, 2.45) is 0 Å². The highest BCUT2D eigenvalue weighted by atomic mass is 35.5. The molecule has 106 valence electrons. The van der Waals surface area contributed by atoms with Crippen LogP contribution in [-0.2, 0) is 16.6 Å². The van der Waals surface area contributed by atoms with E-state index in [4.69, 9.17) is 11.6 Å². The summed E-state index contributed by atoms with van der Waals surface area (Å²) in [4.78, 5) is 3.45. The molecule has 0 bridgehead atoms. The zero-order valence-electron chi connectivity index (χ0n) is 9.98. The molecule has 0 aliphatic carbocycles. The molecule has 0 aliphatic heterocycles. The smallest absolute Gasteiger partial charge is 0.243 e.